The van der Waals surface area contributed by atoms with E-state index in [0.717, 1.165) is 28.2 Å². The summed E-state index contributed by atoms with van der Waals surface area (Å²) in [6.45, 7) is 0.797. The Labute approximate surface area is 138 Å². The minimum absolute atomic E-state index is 0.643. The molecule has 3 nitrogen and oxygen atoms in total. The molecule has 2 aromatic carbocycles. The van der Waals surface area contributed by atoms with Crippen LogP contribution in [-0.4, -0.2) is 4.98 Å². The van der Waals surface area contributed by atoms with Crippen LogP contribution in [0.1, 0.15) is 5.56 Å². The molecule has 0 bridgehead atoms. The number of para-hydroxylation sites is 2. The third-order valence-electron chi connectivity index (χ3n) is 3.71. The minimum Gasteiger partial charge on any atom is -0.436 e. The van der Waals surface area contributed by atoms with Crippen LogP contribution in [0.25, 0.3) is 22.6 Å². The van der Waals surface area contributed by atoms with E-state index in [1.165, 1.54) is 5.56 Å². The molecule has 0 spiro atoms. The maximum absolute atomic E-state index is 5.91. The van der Waals surface area contributed by atoms with Crippen molar-refractivity contribution in [2.45, 2.75) is 6.54 Å². The molecule has 0 saturated heterocycles. The number of nitrogens with zero attached hydrogens (tertiary/aromatic N) is 2. The number of pyridine rings is 1. The Bertz CT molecular complexity index is 910. The zero-order chi connectivity index (χ0) is 15.6. The lowest BCUT2D eigenvalue weighted by atomic mass is 10.2. The Morgan fingerprint density at radius 2 is 1.65 bits per heavy atom. The fourth-order valence-corrected chi connectivity index (χ4v) is 2.63. The molecule has 0 radical (unpaired) electrons. The second-order valence-electron chi connectivity index (χ2n) is 5.37. The Morgan fingerprint density at radius 3 is 2.39 bits per heavy atom. The third-order valence-corrected chi connectivity index (χ3v) is 3.96. The zero-order valence-electron chi connectivity index (χ0n) is 12.3. The summed E-state index contributed by atoms with van der Waals surface area (Å²) in [6, 6.07) is 19.7. The van der Waals surface area contributed by atoms with Gasteiger partial charge in [0.2, 0.25) is 5.89 Å². The van der Waals surface area contributed by atoms with Gasteiger partial charge in [0.25, 0.3) is 0 Å². The Balaban J connectivity index is 1.58. The standard InChI is InChI=1S/C19H14ClN2O/c20-16-7-5-14(6-8-16)13-22-11-9-15(10-12-22)19-21-17-3-1-2-4-18(17)23-19/h1-12H,13H2/q+1. The van der Waals surface area contributed by atoms with Gasteiger partial charge in [-0.1, -0.05) is 35.9 Å². The topological polar surface area (TPSA) is 29.9 Å². The molecular formula is C19H14ClN2O+. The number of oxazole rings is 1. The molecule has 0 N–H and O–H groups in total. The highest BCUT2D eigenvalue weighted by molar-refractivity contribution is 6.30. The summed E-state index contributed by atoms with van der Waals surface area (Å²) in [5.41, 5.74) is 3.85. The first-order valence-corrected chi connectivity index (χ1v) is 7.75. The summed E-state index contributed by atoms with van der Waals surface area (Å²) in [5.74, 6) is 0.643. The van der Waals surface area contributed by atoms with E-state index in [2.05, 4.69) is 9.55 Å². The van der Waals surface area contributed by atoms with Gasteiger partial charge >= 0.3 is 0 Å². The Morgan fingerprint density at radius 1 is 0.913 bits per heavy atom. The molecule has 112 valence electrons. The van der Waals surface area contributed by atoms with Gasteiger partial charge in [0.15, 0.2) is 24.5 Å². The van der Waals surface area contributed by atoms with Crippen LogP contribution in [0.3, 0.4) is 0 Å². The molecule has 4 heteroatoms. The summed E-state index contributed by atoms with van der Waals surface area (Å²) in [6.07, 6.45) is 4.05. The summed E-state index contributed by atoms with van der Waals surface area (Å²) < 4.78 is 7.90. The molecule has 0 atom stereocenters. The van der Waals surface area contributed by atoms with Gasteiger partial charge in [0, 0.05) is 28.3 Å². The van der Waals surface area contributed by atoms with Gasteiger partial charge in [0.05, 0.1) is 0 Å². The van der Waals surface area contributed by atoms with E-state index in [-0.39, 0.29) is 0 Å². The summed E-state index contributed by atoms with van der Waals surface area (Å²) >= 11 is 5.91. The van der Waals surface area contributed by atoms with Gasteiger partial charge in [-0.25, -0.2) is 9.55 Å². The van der Waals surface area contributed by atoms with Crippen molar-refractivity contribution in [1.82, 2.24) is 4.98 Å². The smallest absolute Gasteiger partial charge is 0.227 e. The summed E-state index contributed by atoms with van der Waals surface area (Å²) in [4.78, 5) is 4.52. The molecule has 0 unspecified atom stereocenters. The molecule has 4 rings (SSSR count). The predicted octanol–water partition coefficient (Wildman–Crippen LogP) is 4.48. The lowest BCUT2D eigenvalue weighted by molar-refractivity contribution is -0.688. The lowest BCUT2D eigenvalue weighted by Gasteiger charge is -1.99. The highest BCUT2D eigenvalue weighted by atomic mass is 35.5. The molecule has 0 aliphatic heterocycles. The van der Waals surface area contributed by atoms with Gasteiger partial charge in [-0.15, -0.1) is 0 Å². The van der Waals surface area contributed by atoms with Crippen LogP contribution in [0.15, 0.2) is 77.5 Å². The molecule has 2 heterocycles. The van der Waals surface area contributed by atoms with E-state index in [4.69, 9.17) is 16.0 Å². The van der Waals surface area contributed by atoms with Crippen molar-refractivity contribution >= 4 is 22.7 Å². The largest absolute Gasteiger partial charge is 0.436 e. The van der Waals surface area contributed by atoms with Gasteiger partial charge in [-0.3, -0.25) is 0 Å². The van der Waals surface area contributed by atoms with E-state index >= 15 is 0 Å². The van der Waals surface area contributed by atoms with Crippen molar-refractivity contribution < 1.29 is 8.98 Å². The normalized spacial score (nSPS) is 11.0. The number of rotatable bonds is 3. The van der Waals surface area contributed by atoms with E-state index in [9.17, 15) is 0 Å². The predicted molar refractivity (Wildman–Crippen MR) is 90.2 cm³/mol. The van der Waals surface area contributed by atoms with Crippen molar-refractivity contribution in [3.8, 4) is 11.5 Å². The van der Waals surface area contributed by atoms with Crippen LogP contribution in [0.5, 0.6) is 0 Å². The minimum atomic E-state index is 0.643. The molecule has 0 aliphatic rings. The highest BCUT2D eigenvalue weighted by Gasteiger charge is 2.10. The van der Waals surface area contributed by atoms with Gasteiger partial charge in [-0.2, -0.15) is 0 Å². The van der Waals surface area contributed by atoms with Gasteiger partial charge in [0.1, 0.15) is 5.52 Å². The fraction of sp³-hybridized carbons (Fsp3) is 0.0526. The molecular weight excluding hydrogens is 308 g/mol. The number of halogens is 1. The first kappa shape index (κ1) is 14.0. The van der Waals surface area contributed by atoms with Crippen LogP contribution < -0.4 is 4.57 Å². The second kappa shape index (κ2) is 5.86. The Hall–Kier alpha value is -2.65. The maximum atomic E-state index is 5.91. The molecule has 0 saturated carbocycles. The number of fused-ring (bicyclic) bond motifs is 1. The lowest BCUT2D eigenvalue weighted by Crippen LogP contribution is -2.32. The first-order chi connectivity index (χ1) is 11.3. The Kier molecular flexibility index (Phi) is 3.56. The molecule has 23 heavy (non-hydrogen) atoms. The number of hydrogen-bond acceptors (Lipinski definition) is 2. The van der Waals surface area contributed by atoms with E-state index in [1.807, 2.05) is 73.1 Å². The zero-order valence-corrected chi connectivity index (χ0v) is 13.1. The summed E-state index contributed by atoms with van der Waals surface area (Å²) in [5, 5.41) is 0.755. The second-order valence-corrected chi connectivity index (χ2v) is 5.81. The molecule has 2 aromatic heterocycles. The van der Waals surface area contributed by atoms with E-state index in [0.29, 0.717) is 5.89 Å². The van der Waals surface area contributed by atoms with Gasteiger partial charge in [-0.05, 0) is 24.3 Å². The van der Waals surface area contributed by atoms with E-state index < -0.39 is 0 Å². The van der Waals surface area contributed by atoms with Gasteiger partial charge < -0.3 is 4.42 Å². The molecule has 0 fully saturated rings. The average molecular weight is 322 g/mol. The molecule has 0 aliphatic carbocycles. The number of hydrogen-bond donors (Lipinski definition) is 0. The monoisotopic (exact) mass is 321 g/mol. The SMILES string of the molecule is Clc1ccc(C[n+]2ccc(-c3nc4ccccc4o3)cc2)cc1. The highest BCUT2D eigenvalue weighted by Crippen LogP contribution is 2.23. The first-order valence-electron chi connectivity index (χ1n) is 7.37. The van der Waals surface area contributed by atoms with Crippen molar-refractivity contribution in [2.75, 3.05) is 0 Å². The van der Waals surface area contributed by atoms with Crippen molar-refractivity contribution in [1.29, 1.82) is 0 Å². The number of aromatic nitrogens is 2. The third kappa shape index (κ3) is 2.96. The van der Waals surface area contributed by atoms with Crippen molar-refractivity contribution in [3.63, 3.8) is 0 Å². The van der Waals surface area contributed by atoms with Crippen LogP contribution in [-0.2, 0) is 6.54 Å². The van der Waals surface area contributed by atoms with Crippen LogP contribution in [0.4, 0.5) is 0 Å². The van der Waals surface area contributed by atoms with E-state index in [1.54, 1.807) is 0 Å². The average Bonchev–Trinajstić information content (AvgIpc) is 3.02. The quantitative estimate of drug-likeness (QED) is 0.521. The van der Waals surface area contributed by atoms with Crippen LogP contribution in [0.2, 0.25) is 5.02 Å². The summed E-state index contributed by atoms with van der Waals surface area (Å²) in [7, 11) is 0. The molecule has 4 aromatic rings. The fourth-order valence-electron chi connectivity index (χ4n) is 2.50. The van der Waals surface area contributed by atoms with Crippen molar-refractivity contribution in [2.24, 2.45) is 0 Å². The molecule has 0 amide bonds. The number of benzene rings is 2. The van der Waals surface area contributed by atoms with Crippen LogP contribution >= 0.6 is 11.6 Å². The maximum Gasteiger partial charge on any atom is 0.227 e. The van der Waals surface area contributed by atoms with Crippen molar-refractivity contribution in [3.05, 3.63) is 83.6 Å². The van der Waals surface area contributed by atoms with Crippen LogP contribution in [0, 0.1) is 0 Å².